The molecule has 2 aromatic heterocycles. The molecule has 6 nitrogen and oxygen atoms in total. The van der Waals surface area contributed by atoms with Gasteiger partial charge in [-0.3, -0.25) is 9.48 Å². The highest BCUT2D eigenvalue weighted by Gasteiger charge is 2.16. The van der Waals surface area contributed by atoms with Crippen LogP contribution in [0.25, 0.3) is 22.4 Å². The molecule has 0 radical (unpaired) electrons. The summed E-state index contributed by atoms with van der Waals surface area (Å²) in [6.07, 6.45) is 2.49. The SMILES string of the molecule is CC(C)c1ccccc1-c1ncc2c(n1)c(Cc1ccc(C(=O)N(C)C)cc1)nn2C. The Balaban J connectivity index is 1.71. The van der Waals surface area contributed by atoms with Crippen molar-refractivity contribution in [3.05, 3.63) is 77.1 Å². The van der Waals surface area contributed by atoms with Gasteiger partial charge in [-0.05, 0) is 29.2 Å². The van der Waals surface area contributed by atoms with Gasteiger partial charge in [-0.15, -0.1) is 0 Å². The number of hydrogen-bond acceptors (Lipinski definition) is 4. The van der Waals surface area contributed by atoms with Crippen molar-refractivity contribution in [2.75, 3.05) is 14.1 Å². The van der Waals surface area contributed by atoms with E-state index in [2.05, 4.69) is 37.0 Å². The fourth-order valence-electron chi connectivity index (χ4n) is 3.78. The first-order valence-electron chi connectivity index (χ1n) is 10.4. The smallest absolute Gasteiger partial charge is 0.253 e. The van der Waals surface area contributed by atoms with Gasteiger partial charge in [-0.1, -0.05) is 50.2 Å². The van der Waals surface area contributed by atoms with Gasteiger partial charge < -0.3 is 4.90 Å². The number of amides is 1. The second-order valence-corrected chi connectivity index (χ2v) is 8.31. The van der Waals surface area contributed by atoms with E-state index >= 15 is 0 Å². The molecular weight excluding hydrogens is 386 g/mol. The Morgan fingerprint density at radius 3 is 2.45 bits per heavy atom. The summed E-state index contributed by atoms with van der Waals surface area (Å²) in [5.74, 6) is 1.10. The first kappa shape index (κ1) is 20.7. The Labute approximate surface area is 182 Å². The Hall–Kier alpha value is -3.54. The third kappa shape index (κ3) is 4.06. The summed E-state index contributed by atoms with van der Waals surface area (Å²) in [5, 5.41) is 4.70. The van der Waals surface area contributed by atoms with Gasteiger partial charge >= 0.3 is 0 Å². The lowest BCUT2D eigenvalue weighted by molar-refractivity contribution is 0.0827. The Kier molecular flexibility index (Phi) is 5.55. The normalized spacial score (nSPS) is 11.3. The molecule has 158 valence electrons. The summed E-state index contributed by atoms with van der Waals surface area (Å²) in [5.41, 5.74) is 6.70. The fourth-order valence-corrected chi connectivity index (χ4v) is 3.78. The molecular formula is C25H27N5O. The third-order valence-corrected chi connectivity index (χ3v) is 5.46. The molecule has 0 spiro atoms. The maximum atomic E-state index is 12.1. The zero-order valence-corrected chi connectivity index (χ0v) is 18.6. The van der Waals surface area contributed by atoms with Crippen molar-refractivity contribution in [3.63, 3.8) is 0 Å². The molecule has 6 heteroatoms. The van der Waals surface area contributed by atoms with Gasteiger partial charge in [0, 0.05) is 38.7 Å². The van der Waals surface area contributed by atoms with E-state index in [-0.39, 0.29) is 5.91 Å². The van der Waals surface area contributed by atoms with Crippen LogP contribution in [0.2, 0.25) is 0 Å². The number of benzene rings is 2. The zero-order chi connectivity index (χ0) is 22.1. The van der Waals surface area contributed by atoms with Crippen LogP contribution in [0.5, 0.6) is 0 Å². The summed E-state index contributed by atoms with van der Waals surface area (Å²) in [6, 6.07) is 16.0. The molecule has 0 atom stereocenters. The maximum absolute atomic E-state index is 12.1. The molecule has 1 amide bonds. The van der Waals surface area contributed by atoms with Crippen molar-refractivity contribution >= 4 is 16.9 Å². The van der Waals surface area contributed by atoms with Crippen LogP contribution in [0.3, 0.4) is 0 Å². The van der Waals surface area contributed by atoms with Crippen molar-refractivity contribution in [1.82, 2.24) is 24.6 Å². The molecule has 2 aromatic carbocycles. The number of carbonyl (C=O) groups is 1. The van der Waals surface area contributed by atoms with Crippen LogP contribution in [-0.2, 0) is 13.5 Å². The van der Waals surface area contributed by atoms with E-state index in [1.807, 2.05) is 48.3 Å². The number of fused-ring (bicyclic) bond motifs is 1. The monoisotopic (exact) mass is 413 g/mol. The van der Waals surface area contributed by atoms with Gasteiger partial charge in [-0.2, -0.15) is 5.10 Å². The Morgan fingerprint density at radius 2 is 1.77 bits per heavy atom. The molecule has 0 saturated heterocycles. The molecule has 0 N–H and O–H groups in total. The van der Waals surface area contributed by atoms with Gasteiger partial charge in [0.05, 0.1) is 11.9 Å². The summed E-state index contributed by atoms with van der Waals surface area (Å²) < 4.78 is 1.83. The van der Waals surface area contributed by atoms with Gasteiger partial charge in [-0.25, -0.2) is 9.97 Å². The molecule has 0 bridgehead atoms. The highest BCUT2D eigenvalue weighted by molar-refractivity contribution is 5.93. The van der Waals surface area contributed by atoms with Gasteiger partial charge in [0.25, 0.3) is 5.91 Å². The predicted octanol–water partition coefficient (Wildman–Crippen LogP) is 4.45. The average molecular weight is 414 g/mol. The first-order chi connectivity index (χ1) is 14.8. The minimum Gasteiger partial charge on any atom is -0.345 e. The molecule has 0 saturated carbocycles. The number of aromatic nitrogens is 4. The number of aryl methyl sites for hydroxylation is 1. The van der Waals surface area contributed by atoms with Crippen molar-refractivity contribution in [2.45, 2.75) is 26.2 Å². The number of carbonyl (C=O) groups excluding carboxylic acids is 1. The first-order valence-corrected chi connectivity index (χ1v) is 10.4. The van der Waals surface area contributed by atoms with E-state index < -0.39 is 0 Å². The Morgan fingerprint density at radius 1 is 1.06 bits per heavy atom. The van der Waals surface area contributed by atoms with E-state index in [9.17, 15) is 4.79 Å². The van der Waals surface area contributed by atoms with Crippen LogP contribution < -0.4 is 0 Å². The number of rotatable bonds is 5. The van der Waals surface area contributed by atoms with Gasteiger partial charge in [0.1, 0.15) is 11.0 Å². The van der Waals surface area contributed by atoms with Crippen LogP contribution in [0, 0.1) is 0 Å². The van der Waals surface area contributed by atoms with Gasteiger partial charge in [0.15, 0.2) is 5.82 Å². The maximum Gasteiger partial charge on any atom is 0.253 e. The molecule has 0 fully saturated rings. The summed E-state index contributed by atoms with van der Waals surface area (Å²) >= 11 is 0. The van der Waals surface area contributed by atoms with E-state index in [0.29, 0.717) is 17.9 Å². The van der Waals surface area contributed by atoms with Gasteiger partial charge in [0.2, 0.25) is 0 Å². The van der Waals surface area contributed by atoms with Crippen molar-refractivity contribution in [1.29, 1.82) is 0 Å². The number of nitrogens with zero attached hydrogens (tertiary/aromatic N) is 5. The predicted molar refractivity (Wildman–Crippen MR) is 123 cm³/mol. The van der Waals surface area contributed by atoms with Crippen molar-refractivity contribution in [3.8, 4) is 11.4 Å². The third-order valence-electron chi connectivity index (χ3n) is 5.46. The van der Waals surface area contributed by atoms with E-state index in [1.54, 1.807) is 19.0 Å². The summed E-state index contributed by atoms with van der Waals surface area (Å²) in [4.78, 5) is 23.3. The second-order valence-electron chi connectivity index (χ2n) is 8.31. The van der Waals surface area contributed by atoms with Crippen LogP contribution in [-0.4, -0.2) is 44.7 Å². The largest absolute Gasteiger partial charge is 0.345 e. The fraction of sp³-hybridized carbons (Fsp3) is 0.280. The van der Waals surface area contributed by atoms with E-state index in [4.69, 9.17) is 10.1 Å². The molecule has 4 aromatic rings. The van der Waals surface area contributed by atoms with Crippen LogP contribution in [0.1, 0.15) is 46.9 Å². The van der Waals surface area contributed by atoms with E-state index in [1.165, 1.54) is 5.56 Å². The minimum atomic E-state index is -0.00367. The molecule has 0 unspecified atom stereocenters. The lowest BCUT2D eigenvalue weighted by Crippen LogP contribution is -2.21. The average Bonchev–Trinajstić information content (AvgIpc) is 3.08. The molecule has 31 heavy (non-hydrogen) atoms. The Bertz CT molecular complexity index is 1240. The molecule has 4 rings (SSSR count). The summed E-state index contributed by atoms with van der Waals surface area (Å²) in [6.45, 7) is 4.36. The van der Waals surface area contributed by atoms with Crippen LogP contribution >= 0.6 is 0 Å². The highest BCUT2D eigenvalue weighted by Crippen LogP contribution is 2.28. The second kappa shape index (κ2) is 8.30. The zero-order valence-electron chi connectivity index (χ0n) is 18.6. The molecule has 0 aliphatic rings. The molecule has 2 heterocycles. The summed E-state index contributed by atoms with van der Waals surface area (Å²) in [7, 11) is 5.42. The minimum absolute atomic E-state index is 0.00367. The van der Waals surface area contributed by atoms with Crippen molar-refractivity contribution in [2.24, 2.45) is 7.05 Å². The number of hydrogen-bond donors (Lipinski definition) is 0. The highest BCUT2D eigenvalue weighted by atomic mass is 16.2. The van der Waals surface area contributed by atoms with Crippen molar-refractivity contribution < 1.29 is 4.79 Å². The van der Waals surface area contributed by atoms with E-state index in [0.717, 1.165) is 33.7 Å². The lowest BCUT2D eigenvalue weighted by Gasteiger charge is -2.11. The lowest BCUT2D eigenvalue weighted by atomic mass is 9.97. The molecule has 0 aliphatic carbocycles. The topological polar surface area (TPSA) is 63.9 Å². The van der Waals surface area contributed by atoms with Crippen LogP contribution in [0.15, 0.2) is 54.7 Å². The van der Waals surface area contributed by atoms with Crippen LogP contribution in [0.4, 0.5) is 0 Å². The standard InChI is InChI=1S/C25H27N5O/c1-16(2)19-8-6-7-9-20(19)24-26-15-22-23(27-24)21(28-30(22)5)14-17-10-12-18(13-11-17)25(31)29(3)4/h6-13,15-16H,14H2,1-5H3. The molecule has 0 aliphatic heterocycles. The quantitative estimate of drug-likeness (QED) is 0.485.